The van der Waals surface area contributed by atoms with Crippen molar-refractivity contribution >= 4 is 0 Å². The third-order valence-corrected chi connectivity index (χ3v) is 5.86. The number of piperidine rings is 1. The van der Waals surface area contributed by atoms with Crippen molar-refractivity contribution in [2.75, 3.05) is 32.9 Å². The van der Waals surface area contributed by atoms with E-state index in [1.807, 2.05) is 12.3 Å². The molecule has 0 N–H and O–H groups in total. The quantitative estimate of drug-likeness (QED) is 0.822. The van der Waals surface area contributed by atoms with Crippen LogP contribution in [0.1, 0.15) is 25.0 Å². The third kappa shape index (κ3) is 4.02. The van der Waals surface area contributed by atoms with Crippen LogP contribution in [0.4, 0.5) is 0 Å². The van der Waals surface area contributed by atoms with Crippen molar-refractivity contribution in [1.29, 1.82) is 0 Å². The number of hydrogen-bond acceptors (Lipinski definition) is 6. The third-order valence-electron chi connectivity index (χ3n) is 5.86. The van der Waals surface area contributed by atoms with Gasteiger partial charge in [0.15, 0.2) is 0 Å². The standard InChI is InChI=1S/C20H26N4O2/c1-2-7-22-18(3-1)14-24-10-4-20(5-11-24)6-12-25-15-17(20)16-26-19-13-21-8-9-23-19/h1-3,7-9,13,17H,4-6,10-12,14-16H2. The normalized spacial score (nSPS) is 23.0. The summed E-state index contributed by atoms with van der Waals surface area (Å²) in [6.45, 7) is 5.45. The molecule has 2 aliphatic rings. The summed E-state index contributed by atoms with van der Waals surface area (Å²) in [6, 6.07) is 6.14. The van der Waals surface area contributed by atoms with Gasteiger partial charge in [0.1, 0.15) is 0 Å². The van der Waals surface area contributed by atoms with Gasteiger partial charge in [-0.05, 0) is 49.9 Å². The van der Waals surface area contributed by atoms with Gasteiger partial charge in [-0.2, -0.15) is 0 Å². The average molecular weight is 354 g/mol. The predicted molar refractivity (Wildman–Crippen MR) is 97.6 cm³/mol. The largest absolute Gasteiger partial charge is 0.476 e. The summed E-state index contributed by atoms with van der Waals surface area (Å²) in [6.07, 6.45) is 10.4. The Balaban J connectivity index is 1.35. The minimum absolute atomic E-state index is 0.321. The van der Waals surface area contributed by atoms with Gasteiger partial charge in [0.25, 0.3) is 0 Å². The molecule has 0 aromatic carbocycles. The lowest BCUT2D eigenvalue weighted by Gasteiger charge is -2.48. The lowest BCUT2D eigenvalue weighted by atomic mass is 9.66. The molecule has 0 radical (unpaired) electrons. The van der Waals surface area contributed by atoms with Crippen LogP contribution in [-0.4, -0.2) is 52.8 Å². The van der Waals surface area contributed by atoms with Crippen molar-refractivity contribution in [3.63, 3.8) is 0 Å². The molecule has 2 aromatic rings. The molecule has 0 bridgehead atoms. The minimum Gasteiger partial charge on any atom is -0.476 e. The summed E-state index contributed by atoms with van der Waals surface area (Å²) in [7, 11) is 0. The molecule has 1 atom stereocenters. The Morgan fingerprint density at radius 1 is 1.12 bits per heavy atom. The van der Waals surface area contributed by atoms with E-state index in [2.05, 4.69) is 32.0 Å². The number of likely N-dealkylation sites (tertiary alicyclic amines) is 1. The molecule has 2 fully saturated rings. The fourth-order valence-corrected chi connectivity index (χ4v) is 4.19. The Hall–Kier alpha value is -2.05. The molecular formula is C20H26N4O2. The van der Waals surface area contributed by atoms with Crippen LogP contribution in [0.5, 0.6) is 5.88 Å². The molecule has 4 rings (SSSR count). The van der Waals surface area contributed by atoms with E-state index in [9.17, 15) is 0 Å². The second-order valence-corrected chi connectivity index (χ2v) is 7.34. The Kier molecular flexibility index (Phi) is 5.41. The van der Waals surface area contributed by atoms with Gasteiger partial charge in [-0.1, -0.05) is 6.07 Å². The number of aromatic nitrogens is 3. The van der Waals surface area contributed by atoms with Gasteiger partial charge in [-0.15, -0.1) is 0 Å². The second kappa shape index (κ2) is 8.10. The summed E-state index contributed by atoms with van der Waals surface area (Å²) in [5.41, 5.74) is 1.47. The number of rotatable bonds is 5. The van der Waals surface area contributed by atoms with E-state index in [1.54, 1.807) is 18.6 Å². The van der Waals surface area contributed by atoms with E-state index < -0.39 is 0 Å². The Morgan fingerprint density at radius 3 is 2.81 bits per heavy atom. The smallest absolute Gasteiger partial charge is 0.232 e. The zero-order valence-electron chi connectivity index (χ0n) is 15.1. The Morgan fingerprint density at radius 2 is 2.04 bits per heavy atom. The van der Waals surface area contributed by atoms with Gasteiger partial charge in [0.05, 0.1) is 25.1 Å². The molecule has 0 saturated carbocycles. The van der Waals surface area contributed by atoms with Crippen molar-refractivity contribution in [3.05, 3.63) is 48.7 Å². The molecule has 138 valence electrons. The maximum atomic E-state index is 5.92. The van der Waals surface area contributed by atoms with Crippen LogP contribution >= 0.6 is 0 Å². The van der Waals surface area contributed by atoms with E-state index in [-0.39, 0.29) is 0 Å². The first-order valence-electron chi connectivity index (χ1n) is 9.43. The van der Waals surface area contributed by atoms with E-state index in [1.165, 1.54) is 12.8 Å². The van der Waals surface area contributed by atoms with Crippen LogP contribution in [0.2, 0.25) is 0 Å². The topological polar surface area (TPSA) is 60.4 Å². The van der Waals surface area contributed by atoms with Crippen LogP contribution in [-0.2, 0) is 11.3 Å². The van der Waals surface area contributed by atoms with Crippen molar-refractivity contribution in [2.24, 2.45) is 11.3 Å². The fraction of sp³-hybridized carbons (Fsp3) is 0.550. The summed E-state index contributed by atoms with van der Waals surface area (Å²) >= 11 is 0. The number of pyridine rings is 1. The van der Waals surface area contributed by atoms with E-state index in [0.717, 1.165) is 45.0 Å². The highest BCUT2D eigenvalue weighted by Gasteiger charge is 2.43. The molecule has 1 spiro atoms. The van der Waals surface area contributed by atoms with Gasteiger partial charge >= 0.3 is 0 Å². The highest BCUT2D eigenvalue weighted by molar-refractivity contribution is 5.05. The van der Waals surface area contributed by atoms with Crippen LogP contribution < -0.4 is 4.74 Å². The highest BCUT2D eigenvalue weighted by Crippen LogP contribution is 2.45. The van der Waals surface area contributed by atoms with Gasteiger partial charge in [0.2, 0.25) is 5.88 Å². The maximum Gasteiger partial charge on any atom is 0.232 e. The van der Waals surface area contributed by atoms with Gasteiger partial charge in [-0.25, -0.2) is 4.98 Å². The Labute approximate surface area is 154 Å². The first-order valence-corrected chi connectivity index (χ1v) is 9.43. The average Bonchev–Trinajstić information content (AvgIpc) is 2.71. The molecule has 6 nitrogen and oxygen atoms in total. The van der Waals surface area contributed by atoms with Crippen molar-refractivity contribution in [1.82, 2.24) is 19.9 Å². The molecule has 2 saturated heterocycles. The van der Waals surface area contributed by atoms with Crippen LogP contribution in [0.15, 0.2) is 43.0 Å². The first kappa shape index (κ1) is 17.4. The van der Waals surface area contributed by atoms with E-state index in [0.29, 0.717) is 23.8 Å². The van der Waals surface area contributed by atoms with Crippen molar-refractivity contribution in [2.45, 2.75) is 25.8 Å². The molecule has 4 heterocycles. The molecule has 2 aromatic heterocycles. The first-order chi connectivity index (χ1) is 12.8. The lowest BCUT2D eigenvalue weighted by molar-refractivity contribution is -0.0868. The molecular weight excluding hydrogens is 328 g/mol. The number of hydrogen-bond donors (Lipinski definition) is 0. The lowest BCUT2D eigenvalue weighted by Crippen LogP contribution is -2.49. The highest BCUT2D eigenvalue weighted by atomic mass is 16.5. The van der Waals surface area contributed by atoms with Gasteiger partial charge in [-0.3, -0.25) is 14.9 Å². The number of nitrogens with zero attached hydrogens (tertiary/aromatic N) is 4. The molecule has 0 amide bonds. The predicted octanol–water partition coefficient (Wildman–Crippen LogP) is 2.57. The molecule has 1 unspecified atom stereocenters. The molecule has 0 aliphatic carbocycles. The minimum atomic E-state index is 0.321. The van der Waals surface area contributed by atoms with Crippen LogP contribution in [0.3, 0.4) is 0 Å². The second-order valence-electron chi connectivity index (χ2n) is 7.34. The van der Waals surface area contributed by atoms with E-state index in [4.69, 9.17) is 9.47 Å². The summed E-state index contributed by atoms with van der Waals surface area (Å²) in [5, 5.41) is 0. The fourth-order valence-electron chi connectivity index (χ4n) is 4.19. The zero-order chi connectivity index (χ0) is 17.7. The summed E-state index contributed by atoms with van der Waals surface area (Å²) in [5.74, 6) is 1.01. The SMILES string of the molecule is c1ccc(CN2CCC3(CCOCC3COc3cnccn3)CC2)nc1. The zero-order valence-corrected chi connectivity index (χ0v) is 15.1. The molecule has 26 heavy (non-hydrogen) atoms. The van der Waals surface area contributed by atoms with Gasteiger partial charge in [0, 0.05) is 37.7 Å². The monoisotopic (exact) mass is 354 g/mol. The molecule has 6 heteroatoms. The van der Waals surface area contributed by atoms with E-state index >= 15 is 0 Å². The maximum absolute atomic E-state index is 5.92. The van der Waals surface area contributed by atoms with Gasteiger partial charge < -0.3 is 9.47 Å². The van der Waals surface area contributed by atoms with Crippen LogP contribution in [0.25, 0.3) is 0 Å². The molecule has 2 aliphatic heterocycles. The number of ether oxygens (including phenoxy) is 2. The van der Waals surface area contributed by atoms with Crippen molar-refractivity contribution < 1.29 is 9.47 Å². The Bertz CT molecular complexity index is 675. The summed E-state index contributed by atoms with van der Waals surface area (Å²) in [4.78, 5) is 15.3. The summed E-state index contributed by atoms with van der Waals surface area (Å²) < 4.78 is 11.7. The van der Waals surface area contributed by atoms with Crippen molar-refractivity contribution in [3.8, 4) is 5.88 Å². The van der Waals surface area contributed by atoms with Crippen LogP contribution in [0, 0.1) is 11.3 Å².